The molecule has 0 bridgehead atoms. The molecular weight excluding hydrogens is 461 g/mol. The van der Waals surface area contributed by atoms with Crippen LogP contribution in [0.1, 0.15) is 11.1 Å². The lowest BCUT2D eigenvalue weighted by molar-refractivity contribution is -0.137. The average molecular weight is 487 g/mol. The third-order valence-electron chi connectivity index (χ3n) is 5.15. The van der Waals surface area contributed by atoms with Crippen molar-refractivity contribution in [3.8, 4) is 0 Å². The van der Waals surface area contributed by atoms with Gasteiger partial charge >= 0.3 is 6.18 Å². The fourth-order valence-corrected chi connectivity index (χ4v) is 3.30. The summed E-state index contributed by atoms with van der Waals surface area (Å²) in [5.74, 6) is 0.608. The molecule has 1 fully saturated rings. The lowest BCUT2D eigenvalue weighted by Crippen LogP contribution is -2.37. The number of rotatable bonds is 7. The summed E-state index contributed by atoms with van der Waals surface area (Å²) in [5.41, 5.74) is 4.16. The average Bonchev–Trinajstić information content (AvgIpc) is 2.84. The monoisotopic (exact) mass is 486 g/mol. The first kappa shape index (κ1) is 24.2. The van der Waals surface area contributed by atoms with Crippen molar-refractivity contribution in [1.82, 2.24) is 15.0 Å². The molecule has 0 unspecified atom stereocenters. The van der Waals surface area contributed by atoms with E-state index in [9.17, 15) is 13.2 Å². The first-order valence-electron chi connectivity index (χ1n) is 10.9. The second-order valence-corrected chi connectivity index (χ2v) is 7.94. The van der Waals surface area contributed by atoms with Gasteiger partial charge in [-0.2, -0.15) is 33.2 Å². The van der Waals surface area contributed by atoms with Crippen LogP contribution in [0.2, 0.25) is 0 Å². The van der Waals surface area contributed by atoms with Crippen molar-refractivity contribution < 1.29 is 17.9 Å². The number of morpholine rings is 1. The Hall–Kier alpha value is -3.93. The zero-order chi connectivity index (χ0) is 24.8. The molecule has 0 radical (unpaired) electrons. The van der Waals surface area contributed by atoms with Crippen LogP contribution in [-0.4, -0.2) is 61.6 Å². The molecule has 1 aromatic heterocycles. The lowest BCUT2D eigenvalue weighted by Gasteiger charge is -2.27. The summed E-state index contributed by atoms with van der Waals surface area (Å²) in [6.07, 6.45) is -2.83. The molecular formula is C23H25F3N8O. The van der Waals surface area contributed by atoms with Crippen LogP contribution in [0.5, 0.6) is 0 Å². The van der Waals surface area contributed by atoms with Gasteiger partial charge in [0.05, 0.1) is 25.0 Å². The Labute approximate surface area is 200 Å². The first-order valence-corrected chi connectivity index (χ1v) is 10.9. The maximum absolute atomic E-state index is 13.1. The quantitative estimate of drug-likeness (QED) is 0.383. The molecule has 3 aromatic rings. The van der Waals surface area contributed by atoms with Gasteiger partial charge in [0, 0.05) is 38.6 Å². The highest BCUT2D eigenvalue weighted by atomic mass is 19.4. The second kappa shape index (κ2) is 10.6. The molecule has 0 spiro atoms. The highest BCUT2D eigenvalue weighted by Gasteiger charge is 2.30. The molecule has 2 aromatic carbocycles. The summed E-state index contributed by atoms with van der Waals surface area (Å²) >= 11 is 0. The Morgan fingerprint density at radius 2 is 1.71 bits per heavy atom. The minimum absolute atomic E-state index is 0.0915. The van der Waals surface area contributed by atoms with Crippen LogP contribution in [0.4, 0.5) is 42.4 Å². The predicted molar refractivity (Wildman–Crippen MR) is 130 cm³/mol. The summed E-state index contributed by atoms with van der Waals surface area (Å²) in [5, 5.41) is 7.05. The van der Waals surface area contributed by atoms with Gasteiger partial charge in [0.1, 0.15) is 0 Å². The molecule has 0 amide bonds. The van der Waals surface area contributed by atoms with Gasteiger partial charge < -0.3 is 19.9 Å². The van der Waals surface area contributed by atoms with Crippen molar-refractivity contribution in [1.29, 1.82) is 0 Å². The van der Waals surface area contributed by atoms with Gasteiger partial charge in [0.25, 0.3) is 0 Å². The molecule has 1 saturated heterocycles. The molecule has 0 atom stereocenters. The Morgan fingerprint density at radius 3 is 2.40 bits per heavy atom. The molecule has 12 heteroatoms. The first-order chi connectivity index (χ1) is 16.8. The van der Waals surface area contributed by atoms with Gasteiger partial charge in [-0.05, 0) is 35.9 Å². The molecule has 2 heterocycles. The van der Waals surface area contributed by atoms with E-state index in [4.69, 9.17) is 4.74 Å². The fraction of sp³-hybridized carbons (Fsp3) is 0.304. The van der Waals surface area contributed by atoms with Crippen molar-refractivity contribution in [3.05, 3.63) is 59.7 Å². The standard InChI is InChI=1S/C23H25F3N8O/c1-33(2)19-8-6-16(7-9-19)15-27-32-21-29-20(30-22(31-21)34-10-12-35-13-11-34)28-18-5-3-4-17(14-18)23(24,25)26/h3-9,14-15H,10-13H2,1-2H3,(H2,28,29,30,31,32)/b27-15-. The minimum Gasteiger partial charge on any atom is -0.378 e. The number of hydrazone groups is 1. The third-order valence-corrected chi connectivity index (χ3v) is 5.15. The van der Waals surface area contributed by atoms with Gasteiger partial charge in [0.2, 0.25) is 17.8 Å². The number of benzene rings is 2. The van der Waals surface area contributed by atoms with Crippen LogP contribution in [0.25, 0.3) is 0 Å². The zero-order valence-corrected chi connectivity index (χ0v) is 19.3. The van der Waals surface area contributed by atoms with E-state index in [-0.39, 0.29) is 17.6 Å². The van der Waals surface area contributed by atoms with E-state index in [2.05, 4.69) is 30.8 Å². The summed E-state index contributed by atoms with van der Waals surface area (Å²) in [7, 11) is 3.92. The largest absolute Gasteiger partial charge is 0.416 e. The third kappa shape index (κ3) is 6.57. The van der Waals surface area contributed by atoms with Crippen LogP contribution >= 0.6 is 0 Å². The normalized spacial score (nSPS) is 14.3. The highest BCUT2D eigenvalue weighted by Crippen LogP contribution is 2.31. The molecule has 1 aliphatic rings. The number of aromatic nitrogens is 3. The van der Waals surface area contributed by atoms with Crippen LogP contribution in [0.15, 0.2) is 53.6 Å². The SMILES string of the molecule is CN(C)c1ccc(/C=N\Nc2nc(Nc3cccc(C(F)(F)F)c3)nc(N3CCOCC3)n2)cc1. The fourth-order valence-electron chi connectivity index (χ4n) is 3.30. The summed E-state index contributed by atoms with van der Waals surface area (Å²) in [4.78, 5) is 17.0. The van der Waals surface area contributed by atoms with E-state index >= 15 is 0 Å². The lowest BCUT2D eigenvalue weighted by atomic mass is 10.2. The molecule has 4 rings (SSSR count). The number of hydrogen-bond donors (Lipinski definition) is 2. The van der Waals surface area contributed by atoms with Crippen LogP contribution in [0, 0.1) is 0 Å². The van der Waals surface area contributed by atoms with E-state index in [0.29, 0.717) is 32.3 Å². The Balaban J connectivity index is 1.56. The van der Waals surface area contributed by atoms with Crippen molar-refractivity contribution in [3.63, 3.8) is 0 Å². The number of halogens is 3. The maximum Gasteiger partial charge on any atom is 0.416 e. The molecule has 35 heavy (non-hydrogen) atoms. The van der Waals surface area contributed by atoms with Gasteiger partial charge in [-0.25, -0.2) is 5.43 Å². The molecule has 0 aliphatic carbocycles. The van der Waals surface area contributed by atoms with Gasteiger partial charge in [-0.3, -0.25) is 0 Å². The summed E-state index contributed by atoms with van der Waals surface area (Å²) in [6, 6.07) is 12.6. The van der Waals surface area contributed by atoms with E-state index in [0.717, 1.165) is 23.4 Å². The summed E-state index contributed by atoms with van der Waals surface area (Å²) < 4.78 is 44.7. The number of anilines is 5. The van der Waals surface area contributed by atoms with Crippen molar-refractivity contribution in [2.75, 3.05) is 60.9 Å². The van der Waals surface area contributed by atoms with Gasteiger partial charge in [0.15, 0.2) is 0 Å². The molecule has 9 nitrogen and oxygen atoms in total. The van der Waals surface area contributed by atoms with Gasteiger partial charge in [-0.1, -0.05) is 18.2 Å². The topological polar surface area (TPSA) is 90.8 Å². The molecule has 2 N–H and O–H groups in total. The van der Waals surface area contributed by atoms with Crippen LogP contribution < -0.4 is 20.5 Å². The van der Waals surface area contributed by atoms with E-state index in [1.54, 1.807) is 6.21 Å². The van der Waals surface area contributed by atoms with Gasteiger partial charge in [-0.15, -0.1) is 0 Å². The minimum atomic E-state index is -4.46. The maximum atomic E-state index is 13.1. The van der Waals surface area contributed by atoms with Crippen molar-refractivity contribution in [2.45, 2.75) is 6.18 Å². The van der Waals surface area contributed by atoms with Crippen LogP contribution in [0.3, 0.4) is 0 Å². The highest BCUT2D eigenvalue weighted by molar-refractivity contribution is 5.80. The Kier molecular flexibility index (Phi) is 7.30. The van der Waals surface area contributed by atoms with Crippen molar-refractivity contribution in [2.24, 2.45) is 5.10 Å². The van der Waals surface area contributed by atoms with E-state index in [1.165, 1.54) is 12.1 Å². The number of alkyl halides is 3. The number of nitrogens with zero attached hydrogens (tertiary/aromatic N) is 6. The van der Waals surface area contributed by atoms with Crippen molar-refractivity contribution >= 4 is 35.4 Å². The Bertz CT molecular complexity index is 1160. The second-order valence-electron chi connectivity index (χ2n) is 7.94. The number of nitrogens with one attached hydrogen (secondary N) is 2. The van der Waals surface area contributed by atoms with Crippen LogP contribution in [-0.2, 0) is 10.9 Å². The Morgan fingerprint density at radius 1 is 1.00 bits per heavy atom. The smallest absolute Gasteiger partial charge is 0.378 e. The molecule has 184 valence electrons. The number of hydrogen-bond acceptors (Lipinski definition) is 9. The molecule has 1 aliphatic heterocycles. The van der Waals surface area contributed by atoms with E-state index in [1.807, 2.05) is 48.2 Å². The predicted octanol–water partition coefficient (Wildman–Crippen LogP) is 3.98. The summed E-state index contributed by atoms with van der Waals surface area (Å²) in [6.45, 7) is 2.19. The zero-order valence-electron chi connectivity index (χ0n) is 19.3. The van der Waals surface area contributed by atoms with E-state index < -0.39 is 11.7 Å². The number of ether oxygens (including phenoxy) is 1. The molecule has 0 saturated carbocycles.